The van der Waals surface area contributed by atoms with Crippen LogP contribution in [-0.4, -0.2) is 53.5 Å². The maximum absolute atomic E-state index is 12.3. The third-order valence-corrected chi connectivity index (χ3v) is 4.55. The van der Waals surface area contributed by atoms with Crippen LogP contribution < -0.4 is 5.32 Å². The summed E-state index contributed by atoms with van der Waals surface area (Å²) in [5.74, 6) is 0. The predicted molar refractivity (Wildman–Crippen MR) is 100 cm³/mol. The van der Waals surface area contributed by atoms with Gasteiger partial charge in [0.25, 0.3) is 5.69 Å². The van der Waals surface area contributed by atoms with Gasteiger partial charge in [0.15, 0.2) is 0 Å². The van der Waals surface area contributed by atoms with E-state index in [9.17, 15) is 14.9 Å². The molecule has 1 fully saturated rings. The van der Waals surface area contributed by atoms with E-state index >= 15 is 0 Å². The number of piperazine rings is 1. The molecule has 7 nitrogen and oxygen atoms in total. The van der Waals surface area contributed by atoms with Crippen LogP contribution in [-0.2, 0) is 6.42 Å². The zero-order valence-corrected chi connectivity index (χ0v) is 14.5. The van der Waals surface area contributed by atoms with Crippen LogP contribution in [0.5, 0.6) is 0 Å². The Morgan fingerprint density at radius 1 is 1.00 bits per heavy atom. The minimum absolute atomic E-state index is 0.00929. The van der Waals surface area contributed by atoms with E-state index in [1.807, 2.05) is 6.07 Å². The lowest BCUT2D eigenvalue weighted by molar-refractivity contribution is -0.384. The zero-order chi connectivity index (χ0) is 18.4. The molecule has 1 saturated heterocycles. The molecule has 1 aliphatic rings. The number of non-ortho nitro benzene ring substituents is 1. The van der Waals surface area contributed by atoms with Crippen LogP contribution in [0.15, 0.2) is 54.6 Å². The molecule has 1 aliphatic heterocycles. The summed E-state index contributed by atoms with van der Waals surface area (Å²) in [5, 5.41) is 13.5. The average Bonchev–Trinajstić information content (AvgIpc) is 2.68. The third-order valence-electron chi connectivity index (χ3n) is 4.55. The number of nitrogens with one attached hydrogen (secondary N) is 1. The van der Waals surface area contributed by atoms with Crippen molar-refractivity contribution >= 4 is 17.4 Å². The number of nitro benzene ring substituents is 1. The van der Waals surface area contributed by atoms with E-state index in [1.165, 1.54) is 17.7 Å². The largest absolute Gasteiger partial charge is 0.322 e. The van der Waals surface area contributed by atoms with Crippen molar-refractivity contribution in [1.29, 1.82) is 0 Å². The number of carbonyl (C=O) groups is 1. The topological polar surface area (TPSA) is 78.7 Å². The fourth-order valence-corrected chi connectivity index (χ4v) is 2.98. The van der Waals surface area contributed by atoms with Gasteiger partial charge < -0.3 is 10.2 Å². The summed E-state index contributed by atoms with van der Waals surface area (Å²) in [4.78, 5) is 26.7. The van der Waals surface area contributed by atoms with E-state index in [0.717, 1.165) is 26.1 Å². The zero-order valence-electron chi connectivity index (χ0n) is 14.5. The number of nitro groups is 1. The van der Waals surface area contributed by atoms with Gasteiger partial charge in [0.05, 0.1) is 4.92 Å². The highest BCUT2D eigenvalue weighted by Crippen LogP contribution is 2.16. The maximum Gasteiger partial charge on any atom is 0.321 e. The van der Waals surface area contributed by atoms with Crippen molar-refractivity contribution in [2.45, 2.75) is 6.42 Å². The van der Waals surface area contributed by atoms with Gasteiger partial charge in [-0.3, -0.25) is 15.0 Å². The van der Waals surface area contributed by atoms with Gasteiger partial charge in [-0.25, -0.2) is 4.79 Å². The smallest absolute Gasteiger partial charge is 0.321 e. The summed E-state index contributed by atoms with van der Waals surface area (Å²) in [5.41, 5.74) is 1.90. The molecule has 0 radical (unpaired) electrons. The van der Waals surface area contributed by atoms with E-state index < -0.39 is 4.92 Å². The molecular weight excluding hydrogens is 332 g/mol. The molecule has 0 aromatic heterocycles. The Balaban J connectivity index is 1.43. The first-order valence-electron chi connectivity index (χ1n) is 8.68. The van der Waals surface area contributed by atoms with E-state index in [0.29, 0.717) is 18.8 Å². The minimum Gasteiger partial charge on any atom is -0.322 e. The van der Waals surface area contributed by atoms with Crippen molar-refractivity contribution < 1.29 is 9.72 Å². The Morgan fingerprint density at radius 3 is 2.27 bits per heavy atom. The van der Waals surface area contributed by atoms with Crippen LogP contribution in [0.4, 0.5) is 16.2 Å². The van der Waals surface area contributed by atoms with Crippen LogP contribution in [0.25, 0.3) is 0 Å². The number of nitrogens with zero attached hydrogens (tertiary/aromatic N) is 3. The molecule has 136 valence electrons. The van der Waals surface area contributed by atoms with Gasteiger partial charge in [0.1, 0.15) is 0 Å². The molecule has 1 N–H and O–H groups in total. The van der Waals surface area contributed by atoms with E-state index in [1.54, 1.807) is 17.0 Å². The first kappa shape index (κ1) is 17.9. The second-order valence-corrected chi connectivity index (χ2v) is 6.30. The van der Waals surface area contributed by atoms with Gasteiger partial charge in [-0.2, -0.15) is 0 Å². The van der Waals surface area contributed by atoms with Crippen molar-refractivity contribution in [3.05, 3.63) is 70.3 Å². The van der Waals surface area contributed by atoms with Crippen LogP contribution in [0.2, 0.25) is 0 Å². The Labute approximate surface area is 152 Å². The maximum atomic E-state index is 12.3. The number of urea groups is 1. The normalized spacial score (nSPS) is 14.8. The van der Waals surface area contributed by atoms with Crippen molar-refractivity contribution in [2.75, 3.05) is 38.0 Å². The average molecular weight is 354 g/mol. The van der Waals surface area contributed by atoms with Crippen molar-refractivity contribution in [1.82, 2.24) is 9.80 Å². The molecule has 0 spiro atoms. The lowest BCUT2D eigenvalue weighted by Crippen LogP contribution is -2.50. The Kier molecular flexibility index (Phi) is 5.80. The minimum atomic E-state index is -0.458. The lowest BCUT2D eigenvalue weighted by Gasteiger charge is -2.34. The summed E-state index contributed by atoms with van der Waals surface area (Å²) in [6.07, 6.45) is 1.01. The molecule has 7 heteroatoms. The number of hydrogen-bond acceptors (Lipinski definition) is 4. The highest BCUT2D eigenvalue weighted by atomic mass is 16.6. The fourth-order valence-electron chi connectivity index (χ4n) is 2.98. The summed E-state index contributed by atoms with van der Waals surface area (Å²) >= 11 is 0. The van der Waals surface area contributed by atoms with E-state index in [2.05, 4.69) is 34.5 Å². The first-order chi connectivity index (χ1) is 12.6. The summed E-state index contributed by atoms with van der Waals surface area (Å²) in [6, 6.07) is 16.1. The number of carbonyl (C=O) groups excluding carboxylic acids is 1. The molecule has 0 unspecified atom stereocenters. The van der Waals surface area contributed by atoms with Gasteiger partial charge in [-0.15, -0.1) is 0 Å². The molecule has 0 bridgehead atoms. The molecule has 1 heterocycles. The fraction of sp³-hybridized carbons (Fsp3) is 0.316. The standard InChI is InChI=1S/C19H22N4O3/c24-19(20-17-6-8-18(9-7-17)23(25)26)22-14-12-21(13-15-22)11-10-16-4-2-1-3-5-16/h1-9H,10-15H2,(H,20,24). The molecule has 0 saturated carbocycles. The second kappa shape index (κ2) is 8.44. The molecule has 2 aromatic rings. The van der Waals surface area contributed by atoms with Crippen LogP contribution in [0.3, 0.4) is 0 Å². The van der Waals surface area contributed by atoms with Crippen LogP contribution in [0, 0.1) is 10.1 Å². The summed E-state index contributed by atoms with van der Waals surface area (Å²) in [7, 11) is 0. The number of hydrogen-bond donors (Lipinski definition) is 1. The molecular formula is C19H22N4O3. The molecule has 2 aromatic carbocycles. The highest BCUT2D eigenvalue weighted by Gasteiger charge is 2.21. The predicted octanol–water partition coefficient (Wildman–Crippen LogP) is 2.99. The molecule has 3 rings (SSSR count). The number of anilines is 1. The van der Waals surface area contributed by atoms with Gasteiger partial charge in [0.2, 0.25) is 0 Å². The Hall–Kier alpha value is -2.93. The second-order valence-electron chi connectivity index (χ2n) is 6.30. The van der Waals surface area contributed by atoms with Crippen molar-refractivity contribution in [3.8, 4) is 0 Å². The van der Waals surface area contributed by atoms with Gasteiger partial charge in [-0.05, 0) is 24.1 Å². The number of rotatable bonds is 5. The van der Waals surface area contributed by atoms with Crippen LogP contribution >= 0.6 is 0 Å². The molecule has 2 amide bonds. The third kappa shape index (κ3) is 4.80. The summed E-state index contributed by atoms with van der Waals surface area (Å²) < 4.78 is 0. The van der Waals surface area contributed by atoms with Crippen molar-refractivity contribution in [2.24, 2.45) is 0 Å². The van der Waals surface area contributed by atoms with E-state index in [-0.39, 0.29) is 11.7 Å². The lowest BCUT2D eigenvalue weighted by atomic mass is 10.1. The SMILES string of the molecule is O=C(Nc1ccc([N+](=O)[O-])cc1)N1CCN(CCc2ccccc2)CC1. The van der Waals surface area contributed by atoms with Gasteiger partial charge >= 0.3 is 6.03 Å². The molecule has 0 atom stereocenters. The number of amides is 2. The first-order valence-corrected chi connectivity index (χ1v) is 8.68. The molecule has 26 heavy (non-hydrogen) atoms. The Morgan fingerprint density at radius 2 is 1.65 bits per heavy atom. The van der Waals surface area contributed by atoms with Crippen LogP contribution in [0.1, 0.15) is 5.56 Å². The van der Waals surface area contributed by atoms with Crippen molar-refractivity contribution in [3.63, 3.8) is 0 Å². The van der Waals surface area contributed by atoms with E-state index in [4.69, 9.17) is 0 Å². The monoisotopic (exact) mass is 354 g/mol. The van der Waals surface area contributed by atoms with Gasteiger partial charge in [-0.1, -0.05) is 30.3 Å². The van der Waals surface area contributed by atoms with Gasteiger partial charge in [0, 0.05) is 50.5 Å². The highest BCUT2D eigenvalue weighted by molar-refractivity contribution is 5.89. The molecule has 0 aliphatic carbocycles. The quantitative estimate of drug-likeness (QED) is 0.661. The summed E-state index contributed by atoms with van der Waals surface area (Å²) in [6.45, 7) is 4.03. The number of benzene rings is 2. The Bertz CT molecular complexity index is 741.